The molecule has 0 aromatic heterocycles. The second kappa shape index (κ2) is 10.3. The molecule has 0 bridgehead atoms. The van der Waals surface area contributed by atoms with Crippen LogP contribution in [0.2, 0.25) is 0 Å². The van der Waals surface area contributed by atoms with Crippen LogP contribution >= 0.6 is 0 Å². The van der Waals surface area contributed by atoms with E-state index in [1.165, 1.54) is 6.08 Å². The van der Waals surface area contributed by atoms with E-state index in [4.69, 9.17) is 9.84 Å². The Kier molecular flexibility index (Phi) is 8.30. The molecule has 5 nitrogen and oxygen atoms in total. The number of rotatable bonds is 10. The fourth-order valence-electron chi connectivity index (χ4n) is 1.71. The summed E-state index contributed by atoms with van der Waals surface area (Å²) in [4.78, 5) is 22.7. The highest BCUT2D eigenvalue weighted by molar-refractivity contribution is 5.83. The van der Waals surface area contributed by atoms with Gasteiger partial charge in [-0.3, -0.25) is 4.79 Å². The van der Waals surface area contributed by atoms with Gasteiger partial charge in [-0.1, -0.05) is 48.6 Å². The molecule has 0 fully saturated rings. The highest BCUT2D eigenvalue weighted by Crippen LogP contribution is 2.03. The number of amides is 1. The zero-order valence-corrected chi connectivity index (χ0v) is 12.4. The number of hydrogen-bond acceptors (Lipinski definition) is 3. The molecule has 5 heteroatoms. The molecule has 0 spiro atoms. The lowest BCUT2D eigenvalue weighted by Gasteiger charge is -2.13. The van der Waals surface area contributed by atoms with Crippen molar-refractivity contribution in [2.45, 2.75) is 18.9 Å². The maximum atomic E-state index is 11.7. The van der Waals surface area contributed by atoms with Crippen molar-refractivity contribution in [3.8, 4) is 0 Å². The van der Waals surface area contributed by atoms with E-state index in [0.717, 1.165) is 5.56 Å². The summed E-state index contributed by atoms with van der Waals surface area (Å²) in [5, 5.41) is 11.4. The quantitative estimate of drug-likeness (QED) is 0.513. The minimum atomic E-state index is -1.11. The summed E-state index contributed by atoms with van der Waals surface area (Å²) in [6.45, 7) is 3.64. The van der Waals surface area contributed by atoms with Crippen LogP contribution in [-0.4, -0.2) is 36.2 Å². The third-order valence-electron chi connectivity index (χ3n) is 2.80. The number of carbonyl (C=O) groups is 2. The van der Waals surface area contributed by atoms with E-state index in [2.05, 4.69) is 11.9 Å². The summed E-state index contributed by atoms with van der Waals surface area (Å²) in [6.07, 6.45) is 6.11. The fraction of sp³-hybridized carbons (Fsp3) is 0.294. The topological polar surface area (TPSA) is 75.6 Å². The van der Waals surface area contributed by atoms with Crippen LogP contribution in [0.5, 0.6) is 0 Å². The van der Waals surface area contributed by atoms with Crippen LogP contribution in [0.1, 0.15) is 18.4 Å². The summed E-state index contributed by atoms with van der Waals surface area (Å²) in [6, 6.07) is 8.71. The maximum absolute atomic E-state index is 11.7. The van der Waals surface area contributed by atoms with Crippen LogP contribution in [0.15, 0.2) is 49.1 Å². The zero-order chi connectivity index (χ0) is 16.2. The van der Waals surface area contributed by atoms with Crippen LogP contribution in [0, 0.1) is 0 Å². The van der Waals surface area contributed by atoms with Gasteiger partial charge in [0.25, 0.3) is 0 Å². The first-order chi connectivity index (χ1) is 10.6. The monoisotopic (exact) mass is 303 g/mol. The van der Waals surface area contributed by atoms with Gasteiger partial charge < -0.3 is 15.2 Å². The molecule has 118 valence electrons. The lowest BCUT2D eigenvalue weighted by atomic mass is 10.2. The van der Waals surface area contributed by atoms with Gasteiger partial charge in [-0.25, -0.2) is 4.79 Å². The number of ether oxygens (including phenoxy) is 1. The van der Waals surface area contributed by atoms with Gasteiger partial charge in [0, 0.05) is 6.42 Å². The molecule has 0 heterocycles. The van der Waals surface area contributed by atoms with Crippen LogP contribution in [-0.2, 0) is 14.3 Å². The minimum Gasteiger partial charge on any atom is -0.480 e. The third kappa shape index (κ3) is 7.40. The number of allylic oxidation sites excluding steroid dienone is 1. The lowest BCUT2D eigenvalue weighted by molar-refractivity contribution is -0.143. The Morgan fingerprint density at radius 2 is 2.05 bits per heavy atom. The summed E-state index contributed by atoms with van der Waals surface area (Å²) >= 11 is 0. The predicted molar refractivity (Wildman–Crippen MR) is 85.3 cm³/mol. The molecule has 0 aliphatic carbocycles. The van der Waals surface area contributed by atoms with Crippen LogP contribution in [0.4, 0.5) is 0 Å². The Labute approximate surface area is 130 Å². The molecule has 1 aromatic carbocycles. The first-order valence-corrected chi connectivity index (χ1v) is 7.06. The Morgan fingerprint density at radius 3 is 2.68 bits per heavy atom. The highest BCUT2D eigenvalue weighted by Gasteiger charge is 2.19. The molecular weight excluding hydrogens is 282 g/mol. The van der Waals surface area contributed by atoms with Crippen LogP contribution < -0.4 is 5.32 Å². The molecule has 1 atom stereocenters. The molecule has 22 heavy (non-hydrogen) atoms. The van der Waals surface area contributed by atoms with Crippen LogP contribution in [0.3, 0.4) is 0 Å². The average molecular weight is 303 g/mol. The van der Waals surface area contributed by atoms with Crippen molar-refractivity contribution in [1.82, 2.24) is 5.32 Å². The van der Waals surface area contributed by atoms with Crippen molar-refractivity contribution in [3.05, 3.63) is 54.6 Å². The Morgan fingerprint density at radius 1 is 1.32 bits per heavy atom. The summed E-state index contributed by atoms with van der Waals surface area (Å²) in [5.74, 6) is -1.43. The number of benzene rings is 1. The van der Waals surface area contributed by atoms with Crippen molar-refractivity contribution in [2.24, 2.45) is 0 Å². The molecule has 0 radical (unpaired) electrons. The molecule has 1 aromatic rings. The summed E-state index contributed by atoms with van der Waals surface area (Å²) in [5.41, 5.74) is 1.06. The summed E-state index contributed by atoms with van der Waals surface area (Å²) in [7, 11) is 0. The molecule has 1 rings (SSSR count). The standard InChI is InChI=1S/C17H21NO4/c1-2-12-22-13-15(17(20)21)18-16(19)11-7-6-10-14-8-4-3-5-9-14/h2-6,8-10,15H,1,7,11-13H2,(H,18,19)(H,20,21)/b10-6+. The van der Waals surface area contributed by atoms with Crippen molar-refractivity contribution in [2.75, 3.05) is 13.2 Å². The van der Waals surface area contributed by atoms with Crippen molar-refractivity contribution in [3.63, 3.8) is 0 Å². The number of aliphatic carboxylic acids is 1. The lowest BCUT2D eigenvalue weighted by Crippen LogP contribution is -2.43. The fourth-order valence-corrected chi connectivity index (χ4v) is 1.71. The SMILES string of the molecule is C=CCOCC(NC(=O)CC/C=C/c1ccccc1)C(=O)O. The molecule has 0 aliphatic rings. The second-order valence-electron chi connectivity index (χ2n) is 4.64. The average Bonchev–Trinajstić information content (AvgIpc) is 2.51. The first-order valence-electron chi connectivity index (χ1n) is 7.06. The first kappa shape index (κ1) is 17.7. The number of nitrogens with one attached hydrogen (secondary N) is 1. The number of carboxylic acids is 1. The van der Waals surface area contributed by atoms with E-state index < -0.39 is 12.0 Å². The molecular formula is C17H21NO4. The molecule has 1 unspecified atom stereocenters. The maximum Gasteiger partial charge on any atom is 0.328 e. The Bertz CT molecular complexity index is 511. The second-order valence-corrected chi connectivity index (χ2v) is 4.64. The highest BCUT2D eigenvalue weighted by atomic mass is 16.5. The van der Waals surface area contributed by atoms with Gasteiger partial charge in [0.1, 0.15) is 0 Å². The molecule has 0 saturated heterocycles. The molecule has 2 N–H and O–H groups in total. The number of carbonyl (C=O) groups excluding carboxylic acids is 1. The van der Waals surface area contributed by atoms with E-state index in [1.54, 1.807) is 0 Å². The van der Waals surface area contributed by atoms with Crippen molar-refractivity contribution < 1.29 is 19.4 Å². The van der Waals surface area contributed by atoms with Crippen LogP contribution in [0.25, 0.3) is 6.08 Å². The molecule has 1 amide bonds. The number of hydrogen-bond donors (Lipinski definition) is 2. The van der Waals surface area contributed by atoms with Gasteiger partial charge in [-0.05, 0) is 12.0 Å². The van der Waals surface area contributed by atoms with Gasteiger partial charge in [0.05, 0.1) is 13.2 Å². The third-order valence-corrected chi connectivity index (χ3v) is 2.80. The van der Waals surface area contributed by atoms with E-state index in [-0.39, 0.29) is 25.5 Å². The van der Waals surface area contributed by atoms with Gasteiger partial charge in [-0.15, -0.1) is 6.58 Å². The van der Waals surface area contributed by atoms with Crippen molar-refractivity contribution >= 4 is 18.0 Å². The minimum absolute atomic E-state index is 0.0764. The Hall–Kier alpha value is -2.40. The van der Waals surface area contributed by atoms with E-state index in [1.807, 2.05) is 42.5 Å². The number of carboxylic acid groups (broad SMARTS) is 1. The van der Waals surface area contributed by atoms with Gasteiger partial charge in [-0.2, -0.15) is 0 Å². The normalized spacial score (nSPS) is 12.0. The largest absolute Gasteiger partial charge is 0.480 e. The summed E-state index contributed by atoms with van der Waals surface area (Å²) < 4.78 is 5.06. The smallest absolute Gasteiger partial charge is 0.328 e. The van der Waals surface area contributed by atoms with Crippen molar-refractivity contribution in [1.29, 1.82) is 0 Å². The van der Waals surface area contributed by atoms with Gasteiger partial charge in [0.2, 0.25) is 5.91 Å². The van der Waals surface area contributed by atoms with E-state index in [9.17, 15) is 9.59 Å². The van der Waals surface area contributed by atoms with E-state index >= 15 is 0 Å². The molecule has 0 saturated carbocycles. The Balaban J connectivity index is 2.32. The van der Waals surface area contributed by atoms with Gasteiger partial charge in [0.15, 0.2) is 6.04 Å². The van der Waals surface area contributed by atoms with Gasteiger partial charge >= 0.3 is 5.97 Å². The zero-order valence-electron chi connectivity index (χ0n) is 12.4. The predicted octanol–water partition coefficient (Wildman–Crippen LogP) is 2.25. The molecule has 0 aliphatic heterocycles. The van der Waals surface area contributed by atoms with E-state index in [0.29, 0.717) is 6.42 Å².